The first-order valence-corrected chi connectivity index (χ1v) is 6.27. The zero-order valence-electron chi connectivity index (χ0n) is 10.2. The van der Waals surface area contributed by atoms with Gasteiger partial charge in [0, 0.05) is 19.2 Å². The summed E-state index contributed by atoms with van der Waals surface area (Å²) in [6.07, 6.45) is 2.81. The highest BCUT2D eigenvalue weighted by molar-refractivity contribution is 5.49. The minimum Gasteiger partial charge on any atom is -0.461 e. The number of aromatic nitrogens is 1. The minimum absolute atomic E-state index is 0.626. The van der Waals surface area contributed by atoms with Gasteiger partial charge in [0.2, 0.25) is 5.76 Å². The molecule has 0 bridgehead atoms. The Morgan fingerprint density at radius 2 is 2.39 bits per heavy atom. The van der Waals surface area contributed by atoms with Crippen molar-refractivity contribution in [1.29, 1.82) is 0 Å². The second kappa shape index (κ2) is 4.96. The van der Waals surface area contributed by atoms with Crippen LogP contribution >= 0.6 is 0 Å². The van der Waals surface area contributed by atoms with Gasteiger partial charge in [-0.2, -0.15) is 0 Å². The molecule has 1 fully saturated rings. The summed E-state index contributed by atoms with van der Waals surface area (Å²) in [5, 5.41) is 4.08. The van der Waals surface area contributed by atoms with E-state index in [1.807, 2.05) is 18.2 Å². The Kier molecular flexibility index (Phi) is 3.17. The number of hydrogen-bond acceptors (Lipinski definition) is 5. The van der Waals surface area contributed by atoms with Crippen LogP contribution in [0, 0.1) is 5.92 Å². The summed E-state index contributed by atoms with van der Waals surface area (Å²) in [7, 11) is 0. The molecule has 5 heteroatoms. The van der Waals surface area contributed by atoms with E-state index >= 15 is 0 Å². The monoisotopic (exact) mass is 247 g/mol. The zero-order valence-corrected chi connectivity index (χ0v) is 10.2. The normalized spacial score (nSPS) is 20.6. The fourth-order valence-corrected chi connectivity index (χ4v) is 2.40. The van der Waals surface area contributed by atoms with E-state index in [1.165, 1.54) is 6.42 Å². The molecule has 0 saturated carbocycles. The Bertz CT molecular complexity index is 492. The molecule has 1 atom stereocenters. The first-order valence-electron chi connectivity index (χ1n) is 6.27. The van der Waals surface area contributed by atoms with E-state index in [2.05, 4.69) is 10.1 Å². The Hall–Kier alpha value is -1.59. The second-order valence-corrected chi connectivity index (χ2v) is 4.79. The Labute approximate surface area is 106 Å². The van der Waals surface area contributed by atoms with Crippen LogP contribution in [-0.2, 0) is 6.54 Å². The van der Waals surface area contributed by atoms with Gasteiger partial charge < -0.3 is 14.7 Å². The molecule has 0 aliphatic carbocycles. The maximum atomic E-state index is 5.68. The van der Waals surface area contributed by atoms with Crippen LogP contribution in [0.3, 0.4) is 0 Å². The molecular weight excluding hydrogens is 230 g/mol. The van der Waals surface area contributed by atoms with Crippen molar-refractivity contribution < 1.29 is 8.94 Å². The molecule has 18 heavy (non-hydrogen) atoms. The number of nitrogens with two attached hydrogens (primary N) is 1. The molecule has 96 valence electrons. The Morgan fingerprint density at radius 1 is 1.44 bits per heavy atom. The van der Waals surface area contributed by atoms with Gasteiger partial charge in [-0.1, -0.05) is 5.16 Å². The summed E-state index contributed by atoms with van der Waals surface area (Å²) in [5.74, 6) is 2.03. The third-order valence-electron chi connectivity index (χ3n) is 3.41. The molecule has 3 rings (SSSR count). The highest BCUT2D eigenvalue weighted by Crippen LogP contribution is 2.22. The number of rotatable bonds is 4. The summed E-state index contributed by atoms with van der Waals surface area (Å²) in [6, 6.07) is 5.64. The zero-order chi connectivity index (χ0) is 12.4. The molecule has 2 N–H and O–H groups in total. The van der Waals surface area contributed by atoms with Crippen molar-refractivity contribution in [3.63, 3.8) is 0 Å². The lowest BCUT2D eigenvalue weighted by molar-refractivity contribution is 0.303. The number of furan rings is 1. The number of likely N-dealkylation sites (tertiary alicyclic amines) is 1. The molecule has 2 aromatic heterocycles. The van der Waals surface area contributed by atoms with Crippen molar-refractivity contribution in [1.82, 2.24) is 10.1 Å². The van der Waals surface area contributed by atoms with E-state index < -0.39 is 0 Å². The molecule has 0 aromatic carbocycles. The predicted octanol–water partition coefficient (Wildman–Crippen LogP) is 1.72. The second-order valence-electron chi connectivity index (χ2n) is 4.79. The molecule has 5 nitrogen and oxygen atoms in total. The van der Waals surface area contributed by atoms with E-state index in [0.29, 0.717) is 11.7 Å². The summed E-state index contributed by atoms with van der Waals surface area (Å²) in [6.45, 7) is 3.73. The van der Waals surface area contributed by atoms with Crippen molar-refractivity contribution >= 4 is 0 Å². The van der Waals surface area contributed by atoms with Crippen molar-refractivity contribution in [2.24, 2.45) is 11.7 Å². The molecule has 1 aliphatic rings. The average Bonchev–Trinajstić information content (AvgIpc) is 3.10. The van der Waals surface area contributed by atoms with Crippen LogP contribution in [-0.4, -0.2) is 29.7 Å². The first-order chi connectivity index (χ1) is 8.85. The van der Waals surface area contributed by atoms with Crippen LogP contribution < -0.4 is 5.73 Å². The molecule has 1 unspecified atom stereocenters. The molecule has 3 heterocycles. The Balaban J connectivity index is 1.64. The van der Waals surface area contributed by atoms with Gasteiger partial charge in [0.05, 0.1) is 12.0 Å². The van der Waals surface area contributed by atoms with E-state index in [4.69, 9.17) is 14.7 Å². The lowest BCUT2D eigenvalue weighted by Crippen LogP contribution is -2.22. The van der Waals surface area contributed by atoms with Crippen molar-refractivity contribution in [3.8, 4) is 11.5 Å². The van der Waals surface area contributed by atoms with Crippen LogP contribution in [0.15, 0.2) is 33.4 Å². The SMILES string of the molecule is NCC1CCN(Cc2cc(-c3ccco3)on2)C1. The van der Waals surface area contributed by atoms with E-state index in [0.717, 1.165) is 37.6 Å². The van der Waals surface area contributed by atoms with Gasteiger partial charge in [0.1, 0.15) is 0 Å². The lowest BCUT2D eigenvalue weighted by atomic mass is 10.1. The van der Waals surface area contributed by atoms with Crippen LogP contribution in [0.25, 0.3) is 11.5 Å². The van der Waals surface area contributed by atoms with Crippen molar-refractivity contribution in [3.05, 3.63) is 30.2 Å². The smallest absolute Gasteiger partial charge is 0.202 e. The highest BCUT2D eigenvalue weighted by atomic mass is 16.5. The van der Waals surface area contributed by atoms with Gasteiger partial charge in [-0.15, -0.1) is 0 Å². The highest BCUT2D eigenvalue weighted by Gasteiger charge is 2.22. The standard InChI is InChI=1S/C13H17N3O2/c14-7-10-3-4-16(8-10)9-11-6-13(18-15-11)12-2-1-5-17-12/h1-2,5-6,10H,3-4,7-9,14H2. The topological polar surface area (TPSA) is 68.4 Å². The van der Waals surface area contributed by atoms with Gasteiger partial charge in [0.15, 0.2) is 5.76 Å². The van der Waals surface area contributed by atoms with Crippen molar-refractivity contribution in [2.75, 3.05) is 19.6 Å². The molecule has 1 aliphatic heterocycles. The summed E-state index contributed by atoms with van der Waals surface area (Å²) in [4.78, 5) is 2.36. The van der Waals surface area contributed by atoms with Gasteiger partial charge in [-0.25, -0.2) is 0 Å². The molecule has 2 aromatic rings. The predicted molar refractivity (Wildman–Crippen MR) is 66.6 cm³/mol. The Morgan fingerprint density at radius 3 is 3.11 bits per heavy atom. The number of nitrogens with zero attached hydrogens (tertiary/aromatic N) is 2. The van der Waals surface area contributed by atoms with Crippen LogP contribution in [0.2, 0.25) is 0 Å². The van der Waals surface area contributed by atoms with Crippen LogP contribution in [0.1, 0.15) is 12.1 Å². The van der Waals surface area contributed by atoms with E-state index in [9.17, 15) is 0 Å². The first kappa shape index (κ1) is 11.5. The molecular formula is C13H17N3O2. The summed E-state index contributed by atoms with van der Waals surface area (Å²) in [5.41, 5.74) is 6.63. The van der Waals surface area contributed by atoms with Crippen LogP contribution in [0.5, 0.6) is 0 Å². The van der Waals surface area contributed by atoms with E-state index in [1.54, 1.807) is 6.26 Å². The number of hydrogen-bond donors (Lipinski definition) is 1. The fourth-order valence-electron chi connectivity index (χ4n) is 2.40. The maximum Gasteiger partial charge on any atom is 0.202 e. The third-order valence-corrected chi connectivity index (χ3v) is 3.41. The molecule has 0 amide bonds. The largest absolute Gasteiger partial charge is 0.461 e. The molecule has 1 saturated heterocycles. The van der Waals surface area contributed by atoms with E-state index in [-0.39, 0.29) is 0 Å². The van der Waals surface area contributed by atoms with Gasteiger partial charge in [-0.05, 0) is 37.6 Å². The quantitative estimate of drug-likeness (QED) is 0.890. The lowest BCUT2D eigenvalue weighted by Gasteiger charge is -2.12. The third kappa shape index (κ3) is 2.32. The minimum atomic E-state index is 0.626. The van der Waals surface area contributed by atoms with Crippen molar-refractivity contribution in [2.45, 2.75) is 13.0 Å². The van der Waals surface area contributed by atoms with Gasteiger partial charge >= 0.3 is 0 Å². The van der Waals surface area contributed by atoms with Crippen LogP contribution in [0.4, 0.5) is 0 Å². The summed E-state index contributed by atoms with van der Waals surface area (Å²) < 4.78 is 10.6. The maximum absolute atomic E-state index is 5.68. The average molecular weight is 247 g/mol. The summed E-state index contributed by atoms with van der Waals surface area (Å²) >= 11 is 0. The molecule has 0 radical (unpaired) electrons. The van der Waals surface area contributed by atoms with Gasteiger partial charge in [0.25, 0.3) is 0 Å². The van der Waals surface area contributed by atoms with Gasteiger partial charge in [-0.3, -0.25) is 4.90 Å². The fraction of sp³-hybridized carbons (Fsp3) is 0.462. The molecule has 0 spiro atoms.